The Morgan fingerprint density at radius 1 is 1.54 bits per heavy atom. The van der Waals surface area contributed by atoms with E-state index in [1.54, 1.807) is 0 Å². The Kier molecular flexibility index (Phi) is 6.62. The molecular formula is C8H16N2O2S. The zero-order chi connectivity index (χ0) is 10.3. The summed E-state index contributed by atoms with van der Waals surface area (Å²) in [7, 11) is 0. The summed E-state index contributed by atoms with van der Waals surface area (Å²) in [5.74, 6) is -0.0351. The SMILES string of the molecule is CCCC(=O)C(CNC(C)=O)SN. The van der Waals surface area contributed by atoms with E-state index in [0.29, 0.717) is 13.0 Å². The first-order chi connectivity index (χ1) is 6.11. The smallest absolute Gasteiger partial charge is 0.216 e. The van der Waals surface area contributed by atoms with Gasteiger partial charge in [-0.15, -0.1) is 0 Å². The molecule has 0 aliphatic carbocycles. The van der Waals surface area contributed by atoms with E-state index in [1.165, 1.54) is 6.92 Å². The Morgan fingerprint density at radius 2 is 2.15 bits per heavy atom. The summed E-state index contributed by atoms with van der Waals surface area (Å²) < 4.78 is 0. The van der Waals surface area contributed by atoms with Gasteiger partial charge in [-0.2, -0.15) is 0 Å². The normalized spacial score (nSPS) is 12.2. The molecule has 0 aromatic heterocycles. The van der Waals surface area contributed by atoms with E-state index in [9.17, 15) is 9.59 Å². The standard InChI is InChI=1S/C8H16N2O2S/c1-3-4-7(12)8(13-9)5-10-6(2)11/h8H,3-5,9H2,1-2H3,(H,10,11). The molecule has 0 heterocycles. The van der Waals surface area contributed by atoms with Gasteiger partial charge in [-0.25, -0.2) is 0 Å². The molecule has 0 spiro atoms. The van der Waals surface area contributed by atoms with Gasteiger partial charge in [-0.1, -0.05) is 18.9 Å². The molecule has 0 saturated heterocycles. The minimum Gasteiger partial charge on any atom is -0.355 e. The summed E-state index contributed by atoms with van der Waals surface area (Å²) >= 11 is 0.996. The molecule has 0 bridgehead atoms. The molecule has 1 amide bonds. The topological polar surface area (TPSA) is 72.2 Å². The maximum Gasteiger partial charge on any atom is 0.216 e. The fourth-order valence-electron chi connectivity index (χ4n) is 0.882. The maximum atomic E-state index is 11.3. The van der Waals surface area contributed by atoms with Gasteiger partial charge in [0.1, 0.15) is 5.78 Å². The Morgan fingerprint density at radius 3 is 2.54 bits per heavy atom. The quantitative estimate of drug-likeness (QED) is 0.617. The highest BCUT2D eigenvalue weighted by molar-refractivity contribution is 7.98. The third-order valence-electron chi connectivity index (χ3n) is 1.56. The number of carbonyl (C=O) groups is 2. The first kappa shape index (κ1) is 12.4. The number of Topliss-reactive ketones (excluding diaryl/α,β-unsaturated/α-hetero) is 1. The van der Waals surface area contributed by atoms with Crippen LogP contribution in [0.4, 0.5) is 0 Å². The minimum atomic E-state index is -0.302. The van der Waals surface area contributed by atoms with E-state index in [1.807, 2.05) is 6.92 Å². The van der Waals surface area contributed by atoms with Gasteiger partial charge in [0.15, 0.2) is 0 Å². The average molecular weight is 204 g/mol. The maximum absolute atomic E-state index is 11.3. The lowest BCUT2D eigenvalue weighted by molar-refractivity contribution is -0.119. The van der Waals surface area contributed by atoms with E-state index in [-0.39, 0.29) is 16.9 Å². The molecule has 0 saturated carbocycles. The van der Waals surface area contributed by atoms with Gasteiger partial charge in [0.05, 0.1) is 5.25 Å². The number of amides is 1. The number of ketones is 1. The molecule has 13 heavy (non-hydrogen) atoms. The van der Waals surface area contributed by atoms with Gasteiger partial charge in [0.2, 0.25) is 5.91 Å². The molecule has 0 radical (unpaired) electrons. The highest BCUT2D eigenvalue weighted by Crippen LogP contribution is 2.06. The molecular weight excluding hydrogens is 188 g/mol. The van der Waals surface area contributed by atoms with Gasteiger partial charge >= 0.3 is 0 Å². The predicted molar refractivity (Wildman–Crippen MR) is 54.2 cm³/mol. The van der Waals surface area contributed by atoms with E-state index >= 15 is 0 Å². The fraction of sp³-hybridized carbons (Fsp3) is 0.750. The number of hydrogen-bond donors (Lipinski definition) is 2. The molecule has 0 aromatic carbocycles. The van der Waals surface area contributed by atoms with Crippen LogP contribution in [0, 0.1) is 0 Å². The Balaban J connectivity index is 3.87. The summed E-state index contributed by atoms with van der Waals surface area (Å²) in [4.78, 5) is 21.9. The number of carbonyl (C=O) groups excluding carboxylic acids is 2. The summed E-state index contributed by atoms with van der Waals surface area (Å²) in [6.07, 6.45) is 1.34. The Hall–Kier alpha value is -0.550. The van der Waals surface area contributed by atoms with Crippen LogP contribution in [-0.2, 0) is 9.59 Å². The molecule has 0 aromatic rings. The summed E-state index contributed by atoms with van der Waals surface area (Å²) in [6.45, 7) is 3.69. The Bertz CT molecular complexity index is 185. The van der Waals surface area contributed by atoms with Gasteiger partial charge in [-0.05, 0) is 6.42 Å². The van der Waals surface area contributed by atoms with Crippen molar-refractivity contribution >= 4 is 23.6 Å². The van der Waals surface area contributed by atoms with Crippen molar-refractivity contribution < 1.29 is 9.59 Å². The van der Waals surface area contributed by atoms with Crippen LogP contribution in [-0.4, -0.2) is 23.5 Å². The third-order valence-corrected chi connectivity index (χ3v) is 2.31. The zero-order valence-electron chi connectivity index (χ0n) is 8.00. The van der Waals surface area contributed by atoms with Crippen molar-refractivity contribution in [2.75, 3.05) is 6.54 Å². The van der Waals surface area contributed by atoms with E-state index in [2.05, 4.69) is 5.32 Å². The van der Waals surface area contributed by atoms with Crippen molar-refractivity contribution in [3.05, 3.63) is 0 Å². The highest BCUT2D eigenvalue weighted by atomic mass is 32.2. The highest BCUT2D eigenvalue weighted by Gasteiger charge is 2.16. The molecule has 3 N–H and O–H groups in total. The lowest BCUT2D eigenvalue weighted by Gasteiger charge is -2.12. The molecule has 0 aliphatic rings. The van der Waals surface area contributed by atoms with Crippen LogP contribution in [0.3, 0.4) is 0 Å². The molecule has 0 aliphatic heterocycles. The van der Waals surface area contributed by atoms with Crippen LogP contribution >= 0.6 is 11.9 Å². The number of hydrogen-bond acceptors (Lipinski definition) is 4. The second-order valence-corrected chi connectivity index (χ2v) is 3.62. The average Bonchev–Trinajstić information content (AvgIpc) is 2.05. The van der Waals surface area contributed by atoms with Crippen LogP contribution < -0.4 is 10.5 Å². The van der Waals surface area contributed by atoms with Gasteiger partial charge < -0.3 is 5.32 Å². The van der Waals surface area contributed by atoms with Crippen LogP contribution in [0.25, 0.3) is 0 Å². The number of nitrogens with two attached hydrogens (primary N) is 1. The van der Waals surface area contributed by atoms with Crippen molar-refractivity contribution in [3.8, 4) is 0 Å². The second-order valence-electron chi connectivity index (χ2n) is 2.78. The molecule has 5 heteroatoms. The fourth-order valence-corrected chi connectivity index (χ4v) is 1.33. The van der Waals surface area contributed by atoms with Crippen LogP contribution in [0.15, 0.2) is 0 Å². The molecule has 0 rings (SSSR count). The van der Waals surface area contributed by atoms with Gasteiger partial charge in [-0.3, -0.25) is 14.7 Å². The Labute approximate surface area is 82.8 Å². The van der Waals surface area contributed by atoms with Gasteiger partial charge in [0, 0.05) is 19.9 Å². The number of nitrogens with one attached hydrogen (secondary N) is 1. The van der Waals surface area contributed by atoms with Crippen LogP contribution in [0.5, 0.6) is 0 Å². The largest absolute Gasteiger partial charge is 0.355 e. The zero-order valence-corrected chi connectivity index (χ0v) is 8.82. The minimum absolute atomic E-state index is 0.101. The van der Waals surface area contributed by atoms with Crippen LogP contribution in [0.2, 0.25) is 0 Å². The van der Waals surface area contributed by atoms with Gasteiger partial charge in [0.25, 0.3) is 0 Å². The third kappa shape index (κ3) is 5.65. The van der Waals surface area contributed by atoms with Crippen LogP contribution in [0.1, 0.15) is 26.7 Å². The molecule has 0 fully saturated rings. The number of rotatable bonds is 6. The molecule has 4 nitrogen and oxygen atoms in total. The summed E-state index contributed by atoms with van der Waals surface area (Å²) in [6, 6.07) is 0. The van der Waals surface area contributed by atoms with E-state index in [0.717, 1.165) is 18.4 Å². The monoisotopic (exact) mass is 204 g/mol. The van der Waals surface area contributed by atoms with E-state index < -0.39 is 0 Å². The molecule has 76 valence electrons. The van der Waals surface area contributed by atoms with Crippen molar-refractivity contribution in [2.24, 2.45) is 5.14 Å². The lowest BCUT2D eigenvalue weighted by atomic mass is 10.2. The predicted octanol–water partition coefficient (Wildman–Crippen LogP) is 0.467. The van der Waals surface area contributed by atoms with Crippen molar-refractivity contribution in [3.63, 3.8) is 0 Å². The van der Waals surface area contributed by atoms with Crippen molar-refractivity contribution in [2.45, 2.75) is 31.9 Å². The first-order valence-corrected chi connectivity index (χ1v) is 5.18. The summed E-state index contributed by atoms with van der Waals surface area (Å²) in [5, 5.41) is 7.61. The lowest BCUT2D eigenvalue weighted by Crippen LogP contribution is -2.34. The second kappa shape index (κ2) is 6.91. The summed E-state index contributed by atoms with van der Waals surface area (Å²) in [5.41, 5.74) is 0. The van der Waals surface area contributed by atoms with E-state index in [4.69, 9.17) is 5.14 Å². The van der Waals surface area contributed by atoms with Crippen molar-refractivity contribution in [1.29, 1.82) is 0 Å². The molecule has 1 unspecified atom stereocenters. The van der Waals surface area contributed by atoms with Crippen molar-refractivity contribution in [1.82, 2.24) is 5.32 Å². The first-order valence-electron chi connectivity index (χ1n) is 4.24. The molecule has 1 atom stereocenters.